The van der Waals surface area contributed by atoms with E-state index in [1.54, 1.807) is 0 Å². The first kappa shape index (κ1) is 19.2. The lowest BCUT2D eigenvalue weighted by Gasteiger charge is -2.50. The Morgan fingerprint density at radius 1 is 1.07 bits per heavy atom. The molecule has 2 heterocycles. The van der Waals surface area contributed by atoms with E-state index in [1.165, 1.54) is 5.56 Å². The van der Waals surface area contributed by atoms with Crippen molar-refractivity contribution in [2.24, 2.45) is 11.8 Å². The van der Waals surface area contributed by atoms with Crippen LogP contribution in [-0.4, -0.2) is 42.7 Å². The number of benzene rings is 2. The first-order valence-corrected chi connectivity index (χ1v) is 10.2. The standard InChI is InChI=1S/C24H29NO3/c1-18(2)21-15-24(17-27-22(21)19-9-5-3-6-10-19)16-25(13-14-28-24)23(26)20-11-7-4-8-12-20/h3-12,18,21-22H,13-17H2,1-2H3/t21-,22-,24-/m0/s1. The highest BCUT2D eigenvalue weighted by Gasteiger charge is 2.47. The molecule has 2 aliphatic rings. The second kappa shape index (κ2) is 8.06. The number of carbonyl (C=O) groups is 1. The number of hydrogen-bond acceptors (Lipinski definition) is 3. The van der Waals surface area contributed by atoms with Gasteiger partial charge in [-0.1, -0.05) is 62.4 Å². The highest BCUT2D eigenvalue weighted by atomic mass is 16.6. The van der Waals surface area contributed by atoms with Crippen LogP contribution < -0.4 is 0 Å². The molecule has 2 saturated heterocycles. The molecule has 28 heavy (non-hydrogen) atoms. The van der Waals surface area contributed by atoms with Gasteiger partial charge in [0.25, 0.3) is 5.91 Å². The lowest BCUT2D eigenvalue weighted by atomic mass is 9.75. The molecule has 3 atom stereocenters. The van der Waals surface area contributed by atoms with Crippen molar-refractivity contribution >= 4 is 5.91 Å². The third-order valence-corrected chi connectivity index (χ3v) is 6.06. The largest absolute Gasteiger partial charge is 0.370 e. The molecule has 4 heteroatoms. The lowest BCUT2D eigenvalue weighted by molar-refractivity contribution is -0.204. The minimum absolute atomic E-state index is 0.0783. The van der Waals surface area contributed by atoms with Crippen LogP contribution in [-0.2, 0) is 9.47 Å². The Hall–Kier alpha value is -2.17. The van der Waals surface area contributed by atoms with Crippen molar-refractivity contribution in [1.29, 1.82) is 0 Å². The van der Waals surface area contributed by atoms with Gasteiger partial charge in [-0.15, -0.1) is 0 Å². The minimum atomic E-state index is -0.414. The van der Waals surface area contributed by atoms with E-state index in [2.05, 4.69) is 38.1 Å². The predicted molar refractivity (Wildman–Crippen MR) is 109 cm³/mol. The molecule has 0 radical (unpaired) electrons. The van der Waals surface area contributed by atoms with Crippen molar-refractivity contribution < 1.29 is 14.3 Å². The van der Waals surface area contributed by atoms with E-state index in [4.69, 9.17) is 9.47 Å². The Bertz CT molecular complexity index is 792. The smallest absolute Gasteiger partial charge is 0.254 e. The topological polar surface area (TPSA) is 38.8 Å². The quantitative estimate of drug-likeness (QED) is 0.797. The summed E-state index contributed by atoms with van der Waals surface area (Å²) in [5, 5.41) is 0. The molecule has 2 aromatic carbocycles. The monoisotopic (exact) mass is 379 g/mol. The van der Waals surface area contributed by atoms with Crippen molar-refractivity contribution in [2.75, 3.05) is 26.3 Å². The fraction of sp³-hybridized carbons (Fsp3) is 0.458. The normalized spacial score (nSPS) is 27.9. The fourth-order valence-corrected chi connectivity index (χ4v) is 4.52. The van der Waals surface area contributed by atoms with Gasteiger partial charge in [0.05, 0.1) is 25.9 Å². The summed E-state index contributed by atoms with van der Waals surface area (Å²) < 4.78 is 12.7. The molecule has 0 N–H and O–H groups in total. The highest BCUT2D eigenvalue weighted by molar-refractivity contribution is 5.94. The molecule has 1 amide bonds. The van der Waals surface area contributed by atoms with E-state index in [-0.39, 0.29) is 12.0 Å². The summed E-state index contributed by atoms with van der Waals surface area (Å²) in [7, 11) is 0. The van der Waals surface area contributed by atoms with Gasteiger partial charge in [0.15, 0.2) is 0 Å². The van der Waals surface area contributed by atoms with Crippen molar-refractivity contribution in [2.45, 2.75) is 32.0 Å². The van der Waals surface area contributed by atoms with Crippen LogP contribution in [0.2, 0.25) is 0 Å². The zero-order chi connectivity index (χ0) is 19.6. The first-order chi connectivity index (χ1) is 13.6. The Morgan fingerprint density at radius 2 is 1.75 bits per heavy atom. The molecular formula is C24H29NO3. The molecule has 0 aromatic heterocycles. The van der Waals surface area contributed by atoms with Crippen LogP contribution in [0.3, 0.4) is 0 Å². The minimum Gasteiger partial charge on any atom is -0.370 e. The molecule has 0 aliphatic carbocycles. The SMILES string of the molecule is CC(C)[C@@H]1C[C@@]2(CO[C@H]1c1ccccc1)CN(C(=O)c1ccccc1)CCO2. The predicted octanol–water partition coefficient (Wildman–Crippen LogP) is 4.33. The summed E-state index contributed by atoms with van der Waals surface area (Å²) in [6.07, 6.45) is 0.985. The Balaban J connectivity index is 1.52. The average molecular weight is 380 g/mol. The average Bonchev–Trinajstić information content (AvgIpc) is 2.74. The van der Waals surface area contributed by atoms with E-state index in [0.29, 0.717) is 38.1 Å². The zero-order valence-electron chi connectivity index (χ0n) is 16.7. The number of nitrogens with zero attached hydrogens (tertiary/aromatic N) is 1. The summed E-state index contributed by atoms with van der Waals surface area (Å²) in [5.74, 6) is 0.892. The van der Waals surface area contributed by atoms with E-state index in [9.17, 15) is 4.79 Å². The Kier molecular flexibility index (Phi) is 5.51. The van der Waals surface area contributed by atoms with Crippen LogP contribution in [0.1, 0.15) is 42.3 Å². The Morgan fingerprint density at radius 3 is 2.43 bits per heavy atom. The third-order valence-electron chi connectivity index (χ3n) is 6.06. The molecule has 148 valence electrons. The van der Waals surface area contributed by atoms with Crippen molar-refractivity contribution in [1.82, 2.24) is 4.90 Å². The second-order valence-electron chi connectivity index (χ2n) is 8.38. The molecular weight excluding hydrogens is 350 g/mol. The van der Waals surface area contributed by atoms with Gasteiger partial charge in [0, 0.05) is 12.1 Å². The van der Waals surface area contributed by atoms with Gasteiger partial charge in [0.2, 0.25) is 0 Å². The summed E-state index contributed by atoms with van der Waals surface area (Å²) >= 11 is 0. The summed E-state index contributed by atoms with van der Waals surface area (Å²) in [5.41, 5.74) is 1.55. The third kappa shape index (κ3) is 3.85. The number of rotatable bonds is 3. The van der Waals surface area contributed by atoms with Crippen molar-refractivity contribution in [3.8, 4) is 0 Å². The number of morpholine rings is 1. The molecule has 2 aromatic rings. The molecule has 4 rings (SSSR count). The van der Waals surface area contributed by atoms with Gasteiger partial charge in [-0.3, -0.25) is 4.79 Å². The van der Waals surface area contributed by atoms with E-state index >= 15 is 0 Å². The second-order valence-corrected chi connectivity index (χ2v) is 8.38. The van der Waals surface area contributed by atoms with Crippen LogP contribution >= 0.6 is 0 Å². The maximum absolute atomic E-state index is 13.0. The first-order valence-electron chi connectivity index (χ1n) is 10.2. The van der Waals surface area contributed by atoms with Gasteiger partial charge in [-0.2, -0.15) is 0 Å². The van der Waals surface area contributed by atoms with Crippen LogP contribution in [0.4, 0.5) is 0 Å². The van der Waals surface area contributed by atoms with Gasteiger partial charge < -0.3 is 14.4 Å². The molecule has 4 nitrogen and oxygen atoms in total. The van der Waals surface area contributed by atoms with E-state index in [0.717, 1.165) is 12.0 Å². The number of ether oxygens (including phenoxy) is 2. The van der Waals surface area contributed by atoms with Crippen LogP contribution in [0, 0.1) is 11.8 Å². The van der Waals surface area contributed by atoms with Crippen LogP contribution in [0.15, 0.2) is 60.7 Å². The maximum Gasteiger partial charge on any atom is 0.254 e. The molecule has 2 fully saturated rings. The summed E-state index contributed by atoms with van der Waals surface area (Å²) in [6, 6.07) is 20.0. The highest BCUT2D eigenvalue weighted by Crippen LogP contribution is 2.44. The molecule has 1 spiro atoms. The summed E-state index contributed by atoms with van der Waals surface area (Å²) in [6.45, 7) is 6.80. The lowest BCUT2D eigenvalue weighted by Crippen LogP contribution is -2.59. The van der Waals surface area contributed by atoms with E-state index in [1.807, 2.05) is 41.3 Å². The van der Waals surface area contributed by atoms with Crippen molar-refractivity contribution in [3.63, 3.8) is 0 Å². The number of hydrogen-bond donors (Lipinski definition) is 0. The van der Waals surface area contributed by atoms with Crippen LogP contribution in [0.5, 0.6) is 0 Å². The van der Waals surface area contributed by atoms with Gasteiger partial charge in [0.1, 0.15) is 5.60 Å². The van der Waals surface area contributed by atoms with Crippen LogP contribution in [0.25, 0.3) is 0 Å². The van der Waals surface area contributed by atoms with Gasteiger partial charge >= 0.3 is 0 Å². The van der Waals surface area contributed by atoms with Gasteiger partial charge in [-0.25, -0.2) is 0 Å². The van der Waals surface area contributed by atoms with Gasteiger partial charge in [-0.05, 0) is 36.0 Å². The zero-order valence-corrected chi connectivity index (χ0v) is 16.7. The van der Waals surface area contributed by atoms with E-state index < -0.39 is 5.60 Å². The van der Waals surface area contributed by atoms with Crippen molar-refractivity contribution in [3.05, 3.63) is 71.8 Å². The summed E-state index contributed by atoms with van der Waals surface area (Å²) in [4.78, 5) is 14.9. The Labute approximate surface area is 167 Å². The molecule has 2 aliphatic heterocycles. The molecule has 0 unspecified atom stereocenters. The molecule has 0 saturated carbocycles. The fourth-order valence-electron chi connectivity index (χ4n) is 4.52. The number of amides is 1. The number of carbonyl (C=O) groups excluding carboxylic acids is 1. The maximum atomic E-state index is 13.0. The molecule has 0 bridgehead atoms.